The Bertz CT molecular complexity index is 3050. The number of nitrogen functional groups attached to an aromatic ring is 1. The number of ether oxygens (including phenoxy) is 1. The fourth-order valence-electron chi connectivity index (χ4n) is 7.14. The molecule has 0 radical (unpaired) electrons. The Morgan fingerprint density at radius 1 is 0.793 bits per heavy atom. The number of nitrogens with one attached hydrogen (secondary N) is 2. The van der Waals surface area contributed by atoms with E-state index in [-0.39, 0.29) is 68.5 Å². The van der Waals surface area contributed by atoms with Gasteiger partial charge >= 0.3 is 17.9 Å². The zero-order chi connectivity index (χ0) is 40.8. The number of anilines is 3. The first-order valence-electron chi connectivity index (χ1n) is 17.9. The number of carboxylic acid groups (broad SMARTS) is 2. The number of hydrogen-bond donors (Lipinski definition) is 5. The van der Waals surface area contributed by atoms with E-state index in [4.69, 9.17) is 31.5 Å². The largest absolute Gasteiger partial charge is 0.478 e. The molecule has 288 valence electrons. The number of fused-ring (bicyclic) bond motifs is 4. The number of benzene rings is 5. The van der Waals surface area contributed by atoms with Crippen LogP contribution in [0.1, 0.15) is 48.0 Å². The molecule has 0 bridgehead atoms. The van der Waals surface area contributed by atoms with Crippen LogP contribution in [0.15, 0.2) is 106 Å². The second kappa shape index (κ2) is 14.9. The first-order valence-corrected chi connectivity index (χ1v) is 18.2. The molecule has 0 unspecified atom stereocenters. The van der Waals surface area contributed by atoms with Gasteiger partial charge in [-0.1, -0.05) is 48.0 Å². The number of nitrogens with zero attached hydrogens (tertiary/aromatic N) is 2. The number of aryl methyl sites for hydroxylation is 1. The minimum Gasteiger partial charge on any atom is -0.478 e. The lowest BCUT2D eigenvalue weighted by molar-refractivity contribution is 0.0593. The summed E-state index contributed by atoms with van der Waals surface area (Å²) >= 11 is 6.68. The summed E-state index contributed by atoms with van der Waals surface area (Å²) in [6.45, 7) is 1.83. The molecule has 14 heteroatoms. The van der Waals surface area contributed by atoms with Crippen LogP contribution in [0.25, 0.3) is 55.2 Å². The van der Waals surface area contributed by atoms with E-state index in [1.54, 1.807) is 30.3 Å². The van der Waals surface area contributed by atoms with Crippen molar-refractivity contribution in [3.05, 3.63) is 146 Å². The Labute approximate surface area is 334 Å². The van der Waals surface area contributed by atoms with Crippen molar-refractivity contribution in [2.75, 3.05) is 23.5 Å². The molecule has 3 heterocycles. The molecule has 1 aliphatic heterocycles. The maximum absolute atomic E-state index is 14.0. The third-order valence-corrected chi connectivity index (χ3v) is 10.3. The number of aromatic carboxylic acids is 2. The summed E-state index contributed by atoms with van der Waals surface area (Å²) in [6, 6.07) is 26.6. The van der Waals surface area contributed by atoms with Crippen LogP contribution in [0.5, 0.6) is 0 Å². The molecule has 13 nitrogen and oxygen atoms in total. The predicted octanol–water partition coefficient (Wildman–Crippen LogP) is 8.61. The quantitative estimate of drug-likeness (QED) is 0.0500. The Morgan fingerprint density at radius 2 is 1.47 bits per heavy atom. The third kappa shape index (κ3) is 6.62. The number of carbonyl (C=O) groups is 3. The molecule has 58 heavy (non-hydrogen) atoms. The highest BCUT2D eigenvalue weighted by Gasteiger charge is 2.28. The summed E-state index contributed by atoms with van der Waals surface area (Å²) in [5, 5.41) is 28.9. The van der Waals surface area contributed by atoms with Crippen LogP contribution in [0.2, 0.25) is 5.02 Å². The topological polar surface area (TPSA) is 207 Å². The minimum atomic E-state index is -1.31. The molecule has 0 amide bonds. The number of carbonyl (C=O) groups excluding carboxylic acids is 1. The Morgan fingerprint density at radius 3 is 2.14 bits per heavy atom. The van der Waals surface area contributed by atoms with Crippen molar-refractivity contribution >= 4 is 79.3 Å². The number of halogens is 1. The van der Waals surface area contributed by atoms with Gasteiger partial charge in [-0.05, 0) is 73.2 Å². The number of nitrogens with two attached hydrogens (primary N) is 1. The van der Waals surface area contributed by atoms with Gasteiger partial charge in [-0.3, -0.25) is 9.78 Å². The number of pyridine rings is 2. The van der Waals surface area contributed by atoms with E-state index < -0.39 is 23.3 Å². The summed E-state index contributed by atoms with van der Waals surface area (Å²) in [7, 11) is 1.27. The Balaban J connectivity index is 1.36. The minimum absolute atomic E-state index is 0.0360. The molecule has 0 fully saturated rings. The molecule has 6 N–H and O–H groups in total. The molecular weight excluding hydrogens is 762 g/mol. The molecule has 6 aromatic rings. The molecule has 1 aliphatic carbocycles. The van der Waals surface area contributed by atoms with Gasteiger partial charge in [-0.25, -0.2) is 19.4 Å². The summed E-state index contributed by atoms with van der Waals surface area (Å²) in [5.74, 6) is -3.11. The van der Waals surface area contributed by atoms with Crippen molar-refractivity contribution in [1.82, 2.24) is 9.97 Å². The van der Waals surface area contributed by atoms with Crippen LogP contribution >= 0.6 is 11.6 Å². The monoisotopic (exact) mass is 793 g/mol. The van der Waals surface area contributed by atoms with E-state index in [2.05, 4.69) is 15.6 Å². The average Bonchev–Trinajstić information content (AvgIpc) is 3.22. The summed E-state index contributed by atoms with van der Waals surface area (Å²) in [5.41, 5.74) is 10.7. The standard InChI is InChI=1S/C44H32ClN5O8/c1-21-9-10-22-5-3-7-33(37(22)49-21)48-20-30-39(51)31(45)18-28-36(27-17-24(42(52)53)11-13-25(27)43(54)55)26-14-15-32(46)29(40(26)58-41(28)30)19-47-34-8-4-6-23-12-16-35(44(56)57-2)50-38(23)34/h3-18,47-48H,19-20,46H2,1-2H3,(H,52,53)(H,54,55). The number of esters is 1. The van der Waals surface area contributed by atoms with Gasteiger partial charge in [-0.15, -0.1) is 0 Å². The van der Waals surface area contributed by atoms with Crippen molar-refractivity contribution < 1.29 is 33.8 Å². The summed E-state index contributed by atoms with van der Waals surface area (Å²) in [6.07, 6.45) is 0. The fourth-order valence-corrected chi connectivity index (χ4v) is 7.36. The molecule has 0 atom stereocenters. The number of aromatic nitrogens is 2. The first-order chi connectivity index (χ1) is 27.9. The lowest BCUT2D eigenvalue weighted by Crippen LogP contribution is -2.17. The summed E-state index contributed by atoms with van der Waals surface area (Å²) < 4.78 is 11.6. The van der Waals surface area contributed by atoms with E-state index in [1.165, 1.54) is 31.4 Å². The molecular formula is C44H32ClN5O8. The highest BCUT2D eigenvalue weighted by Crippen LogP contribution is 2.45. The average molecular weight is 794 g/mol. The zero-order valence-electron chi connectivity index (χ0n) is 30.8. The van der Waals surface area contributed by atoms with Gasteiger partial charge in [0, 0.05) is 57.3 Å². The van der Waals surface area contributed by atoms with Gasteiger partial charge in [0.1, 0.15) is 17.0 Å². The van der Waals surface area contributed by atoms with Crippen molar-refractivity contribution in [1.29, 1.82) is 0 Å². The van der Waals surface area contributed by atoms with Crippen LogP contribution in [0.3, 0.4) is 0 Å². The van der Waals surface area contributed by atoms with Crippen LogP contribution in [-0.2, 0) is 17.8 Å². The smallest absolute Gasteiger partial charge is 0.356 e. The third-order valence-electron chi connectivity index (χ3n) is 9.97. The van der Waals surface area contributed by atoms with Gasteiger partial charge in [0.2, 0.25) is 5.43 Å². The SMILES string of the molecule is COC(=O)c1ccc2cccc(NCc3c(N)ccc4c(-c5cc(C(=O)O)ccc5C(=O)O)c5cc(Cl)c(=O)c(CNc6cccc7ccc(C)nc67)c-5oc34)c2n1. The first kappa shape index (κ1) is 37.4. The maximum Gasteiger partial charge on any atom is 0.356 e. The molecule has 2 aromatic heterocycles. The van der Waals surface area contributed by atoms with Crippen LogP contribution < -0.4 is 21.8 Å². The number of methoxy groups -OCH3 is 1. The highest BCUT2D eigenvalue weighted by atomic mass is 35.5. The van der Waals surface area contributed by atoms with Gasteiger partial charge in [0.05, 0.1) is 51.2 Å². The number of carboxylic acids is 2. The number of rotatable bonds is 10. The van der Waals surface area contributed by atoms with E-state index in [1.807, 2.05) is 49.4 Å². The predicted molar refractivity (Wildman–Crippen MR) is 222 cm³/mol. The second-order valence-corrected chi connectivity index (χ2v) is 13.9. The molecule has 0 saturated heterocycles. The Kier molecular flexibility index (Phi) is 9.59. The van der Waals surface area contributed by atoms with Gasteiger partial charge < -0.3 is 35.7 Å². The van der Waals surface area contributed by atoms with Crippen molar-refractivity contribution in [2.24, 2.45) is 0 Å². The van der Waals surface area contributed by atoms with Crippen molar-refractivity contribution in [3.63, 3.8) is 0 Å². The molecule has 2 aliphatic rings. The second-order valence-electron chi connectivity index (χ2n) is 13.5. The van der Waals surface area contributed by atoms with E-state index >= 15 is 0 Å². The Hall–Kier alpha value is -7.51. The van der Waals surface area contributed by atoms with Crippen molar-refractivity contribution in [3.8, 4) is 22.5 Å². The fraction of sp³-hybridized carbons (Fsp3) is 0.0909. The van der Waals surface area contributed by atoms with Crippen LogP contribution in [-0.4, -0.2) is 45.2 Å². The van der Waals surface area contributed by atoms with E-state index in [0.29, 0.717) is 39.0 Å². The van der Waals surface area contributed by atoms with Crippen molar-refractivity contribution in [2.45, 2.75) is 20.0 Å². The van der Waals surface area contributed by atoms with E-state index in [0.717, 1.165) is 16.5 Å². The van der Waals surface area contributed by atoms with Gasteiger partial charge in [-0.2, -0.15) is 0 Å². The molecule has 8 rings (SSSR count). The van der Waals surface area contributed by atoms with Crippen LogP contribution in [0.4, 0.5) is 17.1 Å². The lowest BCUT2D eigenvalue weighted by Gasteiger charge is -2.22. The normalized spacial score (nSPS) is 11.3. The van der Waals surface area contributed by atoms with Gasteiger partial charge in [0.15, 0.2) is 0 Å². The maximum atomic E-state index is 14.0. The highest BCUT2D eigenvalue weighted by molar-refractivity contribution is 6.31. The molecule has 4 aromatic carbocycles. The zero-order valence-corrected chi connectivity index (χ0v) is 31.6. The molecule has 0 saturated carbocycles. The van der Waals surface area contributed by atoms with Crippen LogP contribution in [0, 0.1) is 6.92 Å². The van der Waals surface area contributed by atoms with E-state index in [9.17, 15) is 29.4 Å². The van der Waals surface area contributed by atoms with Gasteiger partial charge in [0.25, 0.3) is 0 Å². The lowest BCUT2D eigenvalue weighted by atomic mass is 9.87. The molecule has 0 spiro atoms. The summed E-state index contributed by atoms with van der Waals surface area (Å²) in [4.78, 5) is 60.6. The number of hydrogen-bond acceptors (Lipinski definition) is 11. The number of para-hydroxylation sites is 2.